The van der Waals surface area contributed by atoms with Gasteiger partial charge in [0.15, 0.2) is 0 Å². The van der Waals surface area contributed by atoms with Crippen LogP contribution in [0.5, 0.6) is 0 Å². The van der Waals surface area contributed by atoms with Crippen LogP contribution in [0.15, 0.2) is 42.5 Å². The van der Waals surface area contributed by atoms with Crippen LogP contribution in [0.1, 0.15) is 22.3 Å². The maximum atomic E-state index is 11.5. The van der Waals surface area contributed by atoms with Crippen molar-refractivity contribution in [2.45, 2.75) is 20.8 Å². The second-order valence-electron chi connectivity index (χ2n) is 5.12. The number of aryl methyl sites for hydroxylation is 3. The summed E-state index contributed by atoms with van der Waals surface area (Å²) in [5, 5.41) is 2.09. The summed E-state index contributed by atoms with van der Waals surface area (Å²) in [7, 11) is -0.676. The van der Waals surface area contributed by atoms with E-state index in [0.717, 1.165) is 10.9 Å². The zero-order chi connectivity index (χ0) is 14.7. The minimum Gasteiger partial charge on any atom is -0.233 e. The number of hydrogen-bond donors (Lipinski definition) is 0. The summed E-state index contributed by atoms with van der Waals surface area (Å²) in [5.41, 5.74) is 4.78. The van der Waals surface area contributed by atoms with E-state index >= 15 is 0 Å². The van der Waals surface area contributed by atoms with Gasteiger partial charge < -0.3 is 0 Å². The van der Waals surface area contributed by atoms with Gasteiger partial charge in [0.25, 0.3) is 0 Å². The minimum atomic E-state index is -0.676. The third-order valence-electron chi connectivity index (χ3n) is 3.45. The van der Waals surface area contributed by atoms with Crippen molar-refractivity contribution >= 4 is 24.5 Å². The molecule has 102 valence electrons. The Kier molecular flexibility index (Phi) is 4.55. The van der Waals surface area contributed by atoms with E-state index in [2.05, 4.69) is 45.5 Å². The summed E-state index contributed by atoms with van der Waals surface area (Å²) in [6.45, 7) is 8.51. The molecule has 0 saturated heterocycles. The van der Waals surface area contributed by atoms with Crippen LogP contribution < -0.4 is 5.30 Å². The van der Waals surface area contributed by atoms with Gasteiger partial charge in [-0.05, 0) is 57.4 Å². The third-order valence-corrected chi connectivity index (χ3v) is 5.85. The van der Waals surface area contributed by atoms with Crippen molar-refractivity contribution in [2.24, 2.45) is 0 Å². The van der Waals surface area contributed by atoms with E-state index < -0.39 is 7.92 Å². The smallest absolute Gasteiger partial charge is 0.133 e. The molecule has 0 aliphatic carbocycles. The number of carbonyl (C=O) groups excluding carboxylic acids is 1. The molecule has 2 rings (SSSR count). The highest BCUT2D eigenvalue weighted by molar-refractivity contribution is 7.75. The Hall–Kier alpha value is -1.68. The lowest BCUT2D eigenvalue weighted by atomic mass is 10.1. The normalized spacial score (nSPS) is 11.8. The monoisotopic (exact) mass is 282 g/mol. The molecule has 1 atom stereocenters. The summed E-state index contributed by atoms with van der Waals surface area (Å²) >= 11 is 0. The molecule has 2 heteroatoms. The Morgan fingerprint density at radius 3 is 2.05 bits per heavy atom. The van der Waals surface area contributed by atoms with Gasteiger partial charge >= 0.3 is 0 Å². The zero-order valence-electron chi connectivity index (χ0n) is 12.4. The molecule has 0 saturated carbocycles. The quantitative estimate of drug-likeness (QED) is 0.608. The van der Waals surface area contributed by atoms with Crippen molar-refractivity contribution in [1.82, 2.24) is 0 Å². The van der Waals surface area contributed by atoms with Gasteiger partial charge in [0.05, 0.1) is 5.31 Å². The standard InChI is InChI=1S/C18H19OP/c1-13-10-14(2)18(15(3)11-13)20(4)17(12-19)16-8-6-5-7-9-16/h5-11H,1-4H3. The second kappa shape index (κ2) is 6.18. The topological polar surface area (TPSA) is 17.1 Å². The van der Waals surface area contributed by atoms with E-state index in [1.165, 1.54) is 22.0 Å². The molecule has 0 spiro atoms. The van der Waals surface area contributed by atoms with Crippen LogP contribution in [0.4, 0.5) is 0 Å². The summed E-state index contributed by atoms with van der Waals surface area (Å²) in [4.78, 5) is 11.5. The summed E-state index contributed by atoms with van der Waals surface area (Å²) in [5.74, 6) is 2.18. The Labute approximate surface area is 122 Å². The van der Waals surface area contributed by atoms with Crippen LogP contribution in [0, 0.1) is 20.8 Å². The highest BCUT2D eigenvalue weighted by atomic mass is 31.1. The van der Waals surface area contributed by atoms with Crippen molar-refractivity contribution in [1.29, 1.82) is 0 Å². The molecule has 2 aromatic rings. The molecule has 0 bridgehead atoms. The first-order chi connectivity index (χ1) is 9.54. The van der Waals surface area contributed by atoms with Crippen LogP contribution in [0.25, 0.3) is 5.31 Å². The Balaban J connectivity index is 2.51. The number of hydrogen-bond acceptors (Lipinski definition) is 1. The van der Waals surface area contributed by atoms with E-state index in [-0.39, 0.29) is 0 Å². The van der Waals surface area contributed by atoms with Gasteiger partial charge in [-0.2, -0.15) is 0 Å². The molecule has 0 aromatic heterocycles. The lowest BCUT2D eigenvalue weighted by Gasteiger charge is -2.19. The molecule has 0 radical (unpaired) electrons. The molecule has 2 aromatic carbocycles. The lowest BCUT2D eigenvalue weighted by Crippen LogP contribution is -2.11. The molecular formula is C18H19OP. The van der Waals surface area contributed by atoms with Crippen molar-refractivity contribution in [3.05, 3.63) is 64.7 Å². The van der Waals surface area contributed by atoms with E-state index in [0.29, 0.717) is 0 Å². The first-order valence-electron chi connectivity index (χ1n) is 6.66. The van der Waals surface area contributed by atoms with Gasteiger partial charge in [-0.3, -0.25) is 0 Å². The fourth-order valence-corrected chi connectivity index (χ4v) is 4.81. The van der Waals surface area contributed by atoms with Crippen molar-refractivity contribution in [2.75, 3.05) is 6.66 Å². The van der Waals surface area contributed by atoms with E-state index in [1.54, 1.807) is 0 Å². The molecule has 1 nitrogen and oxygen atoms in total. The Morgan fingerprint density at radius 2 is 1.55 bits per heavy atom. The Morgan fingerprint density at radius 1 is 1.00 bits per heavy atom. The third kappa shape index (κ3) is 2.90. The van der Waals surface area contributed by atoms with Crippen molar-refractivity contribution in [3.8, 4) is 0 Å². The van der Waals surface area contributed by atoms with Crippen LogP contribution in [0.2, 0.25) is 0 Å². The minimum absolute atomic E-state index is 0.676. The van der Waals surface area contributed by atoms with Crippen LogP contribution >= 0.6 is 7.92 Å². The number of rotatable bonds is 3. The first-order valence-corrected chi connectivity index (χ1v) is 8.45. The summed E-state index contributed by atoms with van der Waals surface area (Å²) in [6, 6.07) is 14.2. The number of benzene rings is 2. The fraction of sp³-hybridized carbons (Fsp3) is 0.222. The molecule has 0 aliphatic rings. The van der Waals surface area contributed by atoms with E-state index in [9.17, 15) is 4.79 Å². The average molecular weight is 282 g/mol. The van der Waals surface area contributed by atoms with E-state index in [4.69, 9.17) is 0 Å². The second-order valence-corrected chi connectivity index (χ2v) is 7.14. The van der Waals surface area contributed by atoms with Crippen LogP contribution in [-0.4, -0.2) is 12.6 Å². The molecule has 20 heavy (non-hydrogen) atoms. The van der Waals surface area contributed by atoms with Gasteiger partial charge in [0, 0.05) is 0 Å². The summed E-state index contributed by atoms with van der Waals surface area (Å²) in [6.07, 6.45) is 0. The predicted octanol–water partition coefficient (Wildman–Crippen LogP) is 4.22. The SMILES string of the molecule is Cc1cc(C)c(P(C)C(=C=O)c2ccccc2)c(C)c1. The average Bonchev–Trinajstić information content (AvgIpc) is 2.39. The fourth-order valence-electron chi connectivity index (χ4n) is 2.73. The lowest BCUT2D eigenvalue weighted by molar-refractivity contribution is 0.570. The molecule has 1 unspecified atom stereocenters. The highest BCUT2D eigenvalue weighted by Gasteiger charge is 2.18. The van der Waals surface area contributed by atoms with Crippen molar-refractivity contribution in [3.63, 3.8) is 0 Å². The maximum Gasteiger partial charge on any atom is 0.133 e. The molecular weight excluding hydrogens is 263 g/mol. The van der Waals surface area contributed by atoms with Gasteiger partial charge in [-0.15, -0.1) is 0 Å². The molecule has 0 N–H and O–H groups in total. The predicted molar refractivity (Wildman–Crippen MR) is 88.7 cm³/mol. The van der Waals surface area contributed by atoms with Gasteiger partial charge in [-0.1, -0.05) is 48.0 Å². The zero-order valence-corrected chi connectivity index (χ0v) is 13.3. The molecule has 0 amide bonds. The summed E-state index contributed by atoms with van der Waals surface area (Å²) < 4.78 is 0. The molecule has 0 fully saturated rings. The van der Waals surface area contributed by atoms with Crippen LogP contribution in [0.3, 0.4) is 0 Å². The van der Waals surface area contributed by atoms with E-state index in [1.807, 2.05) is 30.3 Å². The van der Waals surface area contributed by atoms with Gasteiger partial charge in [0.1, 0.15) is 5.94 Å². The first kappa shape index (κ1) is 14.7. The van der Waals surface area contributed by atoms with Gasteiger partial charge in [0.2, 0.25) is 0 Å². The van der Waals surface area contributed by atoms with Crippen LogP contribution in [-0.2, 0) is 4.79 Å². The van der Waals surface area contributed by atoms with Crippen molar-refractivity contribution < 1.29 is 4.79 Å². The van der Waals surface area contributed by atoms with Gasteiger partial charge in [-0.25, -0.2) is 4.79 Å². The largest absolute Gasteiger partial charge is 0.233 e. The Bertz CT molecular complexity index is 644. The molecule has 0 heterocycles. The highest BCUT2D eigenvalue weighted by Crippen LogP contribution is 2.46. The molecule has 0 aliphatic heterocycles. The maximum absolute atomic E-state index is 11.5.